The highest BCUT2D eigenvalue weighted by molar-refractivity contribution is 7.89. The van der Waals surface area contributed by atoms with Crippen molar-refractivity contribution in [3.8, 4) is 5.75 Å². The lowest BCUT2D eigenvalue weighted by Crippen LogP contribution is -2.46. The number of ether oxygens (including phenoxy) is 1. The second-order valence-corrected chi connectivity index (χ2v) is 10.1. The number of rotatable bonds is 7. The summed E-state index contributed by atoms with van der Waals surface area (Å²) < 4.78 is 34.8. The number of hydrogen-bond donors (Lipinski definition) is 2. The van der Waals surface area contributed by atoms with Crippen LogP contribution in [-0.2, 0) is 14.8 Å². The van der Waals surface area contributed by atoms with E-state index in [1.165, 1.54) is 13.2 Å². The lowest BCUT2D eigenvalue weighted by Gasteiger charge is -2.32. The molecule has 0 bridgehead atoms. The molecular formula is C26H29N3O5S. The molecule has 4 rings (SSSR count). The van der Waals surface area contributed by atoms with Crippen molar-refractivity contribution in [3.63, 3.8) is 0 Å². The second-order valence-electron chi connectivity index (χ2n) is 8.44. The van der Waals surface area contributed by atoms with Crippen molar-refractivity contribution in [3.05, 3.63) is 66.2 Å². The molecule has 0 aliphatic carbocycles. The predicted molar refractivity (Wildman–Crippen MR) is 135 cm³/mol. The number of sulfonamides is 1. The Morgan fingerprint density at radius 1 is 0.971 bits per heavy atom. The smallest absolute Gasteiger partial charge is 0.259 e. The molecule has 1 heterocycles. The van der Waals surface area contributed by atoms with Gasteiger partial charge in [0.05, 0.1) is 17.6 Å². The SMILES string of the molecule is CCC(=O)N1CCC(NS(=O)(=O)c2ccc(NC(=O)c3ccccc3OC)c3ccccc23)CC1. The van der Waals surface area contributed by atoms with E-state index < -0.39 is 10.0 Å². The lowest BCUT2D eigenvalue weighted by atomic mass is 10.1. The molecule has 0 atom stereocenters. The van der Waals surface area contributed by atoms with Gasteiger partial charge in [-0.1, -0.05) is 43.3 Å². The molecule has 9 heteroatoms. The molecule has 3 aromatic carbocycles. The Hall–Kier alpha value is -3.43. The van der Waals surface area contributed by atoms with Crippen LogP contribution in [-0.4, -0.2) is 51.4 Å². The molecular weight excluding hydrogens is 466 g/mol. The number of methoxy groups -OCH3 is 1. The van der Waals surface area contributed by atoms with Gasteiger partial charge in [-0.3, -0.25) is 9.59 Å². The van der Waals surface area contributed by atoms with E-state index >= 15 is 0 Å². The van der Waals surface area contributed by atoms with Crippen LogP contribution in [0, 0.1) is 0 Å². The van der Waals surface area contributed by atoms with Crippen LogP contribution in [0.1, 0.15) is 36.5 Å². The first-order valence-corrected chi connectivity index (χ1v) is 13.1. The maximum atomic E-state index is 13.3. The number of piperidine rings is 1. The lowest BCUT2D eigenvalue weighted by molar-refractivity contribution is -0.131. The third kappa shape index (κ3) is 5.31. The third-order valence-corrected chi connectivity index (χ3v) is 7.82. The minimum atomic E-state index is -3.82. The van der Waals surface area contributed by atoms with Gasteiger partial charge in [-0.05, 0) is 37.1 Å². The molecule has 1 aliphatic heterocycles. The van der Waals surface area contributed by atoms with Crippen molar-refractivity contribution in [2.75, 3.05) is 25.5 Å². The van der Waals surface area contributed by atoms with Crippen molar-refractivity contribution < 1.29 is 22.7 Å². The van der Waals surface area contributed by atoms with Crippen molar-refractivity contribution in [1.29, 1.82) is 0 Å². The molecule has 0 spiro atoms. The molecule has 0 saturated carbocycles. The molecule has 184 valence electrons. The van der Waals surface area contributed by atoms with Crippen LogP contribution in [0.4, 0.5) is 5.69 Å². The molecule has 0 unspecified atom stereocenters. The zero-order valence-electron chi connectivity index (χ0n) is 19.8. The fourth-order valence-corrected chi connectivity index (χ4v) is 5.91. The number of likely N-dealkylation sites (tertiary alicyclic amines) is 1. The quantitative estimate of drug-likeness (QED) is 0.519. The predicted octanol–water partition coefficient (Wildman–Crippen LogP) is 3.78. The van der Waals surface area contributed by atoms with Crippen LogP contribution in [0.15, 0.2) is 65.6 Å². The summed E-state index contributed by atoms with van der Waals surface area (Å²) in [4.78, 5) is 26.8. The van der Waals surface area contributed by atoms with E-state index in [-0.39, 0.29) is 22.8 Å². The number of carbonyl (C=O) groups is 2. The van der Waals surface area contributed by atoms with Gasteiger partial charge >= 0.3 is 0 Å². The van der Waals surface area contributed by atoms with E-state index in [9.17, 15) is 18.0 Å². The summed E-state index contributed by atoms with van der Waals surface area (Å²) in [5.41, 5.74) is 0.882. The second kappa shape index (κ2) is 10.5. The van der Waals surface area contributed by atoms with Crippen LogP contribution in [0.3, 0.4) is 0 Å². The molecule has 0 aromatic heterocycles. The van der Waals surface area contributed by atoms with E-state index in [2.05, 4.69) is 10.0 Å². The fraction of sp³-hybridized carbons (Fsp3) is 0.308. The number of nitrogens with zero attached hydrogens (tertiary/aromatic N) is 1. The van der Waals surface area contributed by atoms with Crippen LogP contribution in [0.25, 0.3) is 10.8 Å². The largest absolute Gasteiger partial charge is 0.496 e. The normalized spacial score (nSPS) is 14.6. The highest BCUT2D eigenvalue weighted by atomic mass is 32.2. The van der Waals surface area contributed by atoms with E-state index in [0.717, 1.165) is 0 Å². The zero-order chi connectivity index (χ0) is 25.0. The van der Waals surface area contributed by atoms with E-state index in [1.54, 1.807) is 59.5 Å². The number of fused-ring (bicyclic) bond motifs is 1. The fourth-order valence-electron chi connectivity index (χ4n) is 4.39. The summed E-state index contributed by atoms with van der Waals surface area (Å²) in [6.45, 7) is 2.90. The van der Waals surface area contributed by atoms with E-state index in [4.69, 9.17) is 4.74 Å². The van der Waals surface area contributed by atoms with Crippen molar-refractivity contribution >= 4 is 38.3 Å². The summed E-state index contributed by atoms with van der Waals surface area (Å²) in [7, 11) is -2.32. The van der Waals surface area contributed by atoms with Crippen molar-refractivity contribution in [2.45, 2.75) is 37.1 Å². The molecule has 8 nitrogen and oxygen atoms in total. The van der Waals surface area contributed by atoms with Gasteiger partial charge in [0, 0.05) is 42.0 Å². The number of nitrogens with one attached hydrogen (secondary N) is 2. The molecule has 1 aliphatic rings. The first kappa shape index (κ1) is 24.7. The van der Waals surface area contributed by atoms with Crippen LogP contribution >= 0.6 is 0 Å². The van der Waals surface area contributed by atoms with Crippen molar-refractivity contribution in [2.24, 2.45) is 0 Å². The molecule has 0 radical (unpaired) electrons. The molecule has 2 amide bonds. The number of para-hydroxylation sites is 1. The Bertz CT molecular complexity index is 1350. The first-order chi connectivity index (χ1) is 16.8. The number of benzene rings is 3. The topological polar surface area (TPSA) is 105 Å². The van der Waals surface area contributed by atoms with Gasteiger partial charge in [0.1, 0.15) is 5.75 Å². The minimum Gasteiger partial charge on any atom is -0.496 e. The van der Waals surface area contributed by atoms with Gasteiger partial charge in [-0.2, -0.15) is 0 Å². The maximum Gasteiger partial charge on any atom is 0.259 e. The highest BCUT2D eigenvalue weighted by Gasteiger charge is 2.27. The Labute approximate surface area is 205 Å². The maximum absolute atomic E-state index is 13.3. The monoisotopic (exact) mass is 495 g/mol. The van der Waals surface area contributed by atoms with Gasteiger partial charge in [0.2, 0.25) is 15.9 Å². The van der Waals surface area contributed by atoms with Gasteiger partial charge in [-0.15, -0.1) is 0 Å². The summed E-state index contributed by atoms with van der Waals surface area (Å²) in [6.07, 6.45) is 1.58. The van der Waals surface area contributed by atoms with Gasteiger partial charge in [0.15, 0.2) is 0 Å². The van der Waals surface area contributed by atoms with Gasteiger partial charge in [0.25, 0.3) is 5.91 Å². The summed E-state index contributed by atoms with van der Waals surface area (Å²) >= 11 is 0. The number of amides is 2. The van der Waals surface area contributed by atoms with E-state index in [1.807, 2.05) is 6.92 Å². The average molecular weight is 496 g/mol. The Morgan fingerprint density at radius 3 is 2.31 bits per heavy atom. The van der Waals surface area contributed by atoms with Gasteiger partial charge < -0.3 is 15.0 Å². The third-order valence-electron chi connectivity index (χ3n) is 6.25. The van der Waals surface area contributed by atoms with Crippen LogP contribution < -0.4 is 14.8 Å². The first-order valence-electron chi connectivity index (χ1n) is 11.6. The summed E-state index contributed by atoms with van der Waals surface area (Å²) in [5.74, 6) is 0.183. The Balaban J connectivity index is 1.58. The zero-order valence-corrected chi connectivity index (χ0v) is 20.6. The Morgan fingerprint density at radius 2 is 1.63 bits per heavy atom. The van der Waals surface area contributed by atoms with Crippen LogP contribution in [0.2, 0.25) is 0 Å². The molecule has 1 saturated heterocycles. The van der Waals surface area contributed by atoms with Gasteiger partial charge in [-0.25, -0.2) is 13.1 Å². The number of carbonyl (C=O) groups excluding carboxylic acids is 2. The Kier molecular flexibility index (Phi) is 7.37. The van der Waals surface area contributed by atoms with Crippen LogP contribution in [0.5, 0.6) is 5.75 Å². The summed E-state index contributed by atoms with van der Waals surface area (Å²) in [6, 6.07) is 16.8. The minimum absolute atomic E-state index is 0.0862. The molecule has 2 N–H and O–H groups in total. The molecule has 3 aromatic rings. The van der Waals surface area contributed by atoms with Crippen molar-refractivity contribution in [1.82, 2.24) is 9.62 Å². The molecule has 35 heavy (non-hydrogen) atoms. The van der Waals surface area contributed by atoms with E-state index in [0.29, 0.717) is 60.1 Å². The average Bonchev–Trinajstić information content (AvgIpc) is 2.88. The standard InChI is InChI=1S/C26H29N3O5S/c1-3-25(30)29-16-14-18(15-17-29)28-35(32,33)24-13-12-22(19-8-4-5-9-20(19)24)27-26(31)21-10-6-7-11-23(21)34-2/h4-13,18,28H,3,14-17H2,1-2H3,(H,27,31). The number of hydrogen-bond acceptors (Lipinski definition) is 5. The number of anilines is 1. The molecule has 1 fully saturated rings. The summed E-state index contributed by atoms with van der Waals surface area (Å²) in [5, 5.41) is 4.01. The highest BCUT2D eigenvalue weighted by Crippen LogP contribution is 2.31.